The van der Waals surface area contributed by atoms with Gasteiger partial charge in [-0.2, -0.15) is 0 Å². The number of esters is 1. The maximum Gasteiger partial charge on any atom is 0.363 e. The summed E-state index contributed by atoms with van der Waals surface area (Å²) in [6.45, 7) is 0. The van der Waals surface area contributed by atoms with Crippen LogP contribution in [0.5, 0.6) is 0 Å². The van der Waals surface area contributed by atoms with Crippen LogP contribution < -0.4 is 0 Å². The fraction of sp³-hybridized carbons (Fsp3) is 0. The first-order valence-corrected chi connectivity index (χ1v) is 8.53. The van der Waals surface area contributed by atoms with Crippen LogP contribution in [0.4, 0.5) is 5.69 Å². The Morgan fingerprint density at radius 2 is 1.43 bits per heavy atom. The summed E-state index contributed by atoms with van der Waals surface area (Å²) in [6, 6.07) is 23.4. The van der Waals surface area contributed by atoms with Crippen molar-refractivity contribution >= 4 is 23.6 Å². The molecule has 0 unspecified atom stereocenters. The summed E-state index contributed by atoms with van der Waals surface area (Å²) in [4.78, 5) is 26.6. The lowest BCUT2D eigenvalue weighted by Gasteiger charge is -2.03. The molecule has 0 saturated carbocycles. The van der Waals surface area contributed by atoms with Gasteiger partial charge in [0.15, 0.2) is 5.70 Å². The standard InChI is InChI=1S/C22H14N2O4/c25-22-20(14-15-6-12-19(13-7-15)24(26)27)23-21(28-22)18-10-8-17(9-11-18)16-4-2-1-3-5-16/h1-14H/b20-14-. The van der Waals surface area contributed by atoms with E-state index in [4.69, 9.17) is 4.74 Å². The summed E-state index contributed by atoms with van der Waals surface area (Å²) in [5.41, 5.74) is 3.60. The van der Waals surface area contributed by atoms with E-state index >= 15 is 0 Å². The monoisotopic (exact) mass is 370 g/mol. The summed E-state index contributed by atoms with van der Waals surface area (Å²) < 4.78 is 5.27. The fourth-order valence-electron chi connectivity index (χ4n) is 2.82. The number of hydrogen-bond donors (Lipinski definition) is 0. The molecule has 1 heterocycles. The second kappa shape index (κ2) is 7.28. The molecule has 0 amide bonds. The van der Waals surface area contributed by atoms with E-state index in [2.05, 4.69) is 4.99 Å². The second-order valence-corrected chi connectivity index (χ2v) is 6.13. The van der Waals surface area contributed by atoms with Crippen LogP contribution in [0.25, 0.3) is 17.2 Å². The van der Waals surface area contributed by atoms with Crippen molar-refractivity contribution in [2.75, 3.05) is 0 Å². The highest BCUT2D eigenvalue weighted by Crippen LogP contribution is 2.23. The molecule has 3 aromatic carbocycles. The van der Waals surface area contributed by atoms with E-state index < -0.39 is 10.9 Å². The number of ether oxygens (including phenoxy) is 1. The number of carbonyl (C=O) groups is 1. The predicted octanol–water partition coefficient (Wildman–Crippen LogP) is 4.61. The normalized spacial score (nSPS) is 14.6. The Morgan fingerprint density at radius 3 is 2.07 bits per heavy atom. The topological polar surface area (TPSA) is 81.8 Å². The van der Waals surface area contributed by atoms with E-state index in [1.54, 1.807) is 12.1 Å². The molecule has 0 radical (unpaired) electrons. The average molecular weight is 370 g/mol. The molecule has 1 aliphatic rings. The first-order valence-electron chi connectivity index (χ1n) is 8.53. The summed E-state index contributed by atoms with van der Waals surface area (Å²) in [6.07, 6.45) is 1.54. The molecule has 6 heteroatoms. The Balaban J connectivity index is 1.57. The van der Waals surface area contributed by atoms with Crippen LogP contribution >= 0.6 is 0 Å². The molecule has 1 aliphatic heterocycles. The van der Waals surface area contributed by atoms with Gasteiger partial charge < -0.3 is 4.74 Å². The molecule has 6 nitrogen and oxygen atoms in total. The molecule has 0 fully saturated rings. The zero-order valence-corrected chi connectivity index (χ0v) is 14.6. The van der Waals surface area contributed by atoms with Crippen LogP contribution in [0.1, 0.15) is 11.1 Å². The Labute approximate surface area is 160 Å². The lowest BCUT2D eigenvalue weighted by molar-refractivity contribution is -0.384. The third-order valence-electron chi connectivity index (χ3n) is 4.27. The molecule has 28 heavy (non-hydrogen) atoms. The van der Waals surface area contributed by atoms with Crippen molar-refractivity contribution in [1.82, 2.24) is 0 Å². The molecule has 0 spiro atoms. The van der Waals surface area contributed by atoms with Gasteiger partial charge in [0.1, 0.15) is 0 Å². The average Bonchev–Trinajstić information content (AvgIpc) is 3.09. The molecular formula is C22H14N2O4. The molecule has 0 bridgehead atoms. The molecule has 136 valence electrons. The number of benzene rings is 3. The number of carbonyl (C=O) groups excluding carboxylic acids is 1. The largest absolute Gasteiger partial charge is 0.402 e. The van der Waals surface area contributed by atoms with Crippen molar-refractivity contribution in [3.63, 3.8) is 0 Å². The van der Waals surface area contributed by atoms with Crippen molar-refractivity contribution in [2.24, 2.45) is 4.99 Å². The summed E-state index contributed by atoms with van der Waals surface area (Å²) in [5, 5.41) is 10.7. The zero-order valence-electron chi connectivity index (χ0n) is 14.6. The number of nitrogens with zero attached hydrogens (tertiary/aromatic N) is 2. The number of hydrogen-bond acceptors (Lipinski definition) is 5. The number of cyclic esters (lactones) is 1. The van der Waals surface area contributed by atoms with E-state index in [0.29, 0.717) is 11.1 Å². The third kappa shape index (κ3) is 3.57. The maximum atomic E-state index is 12.1. The van der Waals surface area contributed by atoms with Crippen molar-refractivity contribution < 1.29 is 14.5 Å². The van der Waals surface area contributed by atoms with E-state index in [1.165, 1.54) is 18.2 Å². The van der Waals surface area contributed by atoms with Crippen molar-refractivity contribution in [3.8, 4) is 11.1 Å². The minimum absolute atomic E-state index is 0.0150. The van der Waals surface area contributed by atoms with Crippen LogP contribution in [-0.4, -0.2) is 16.8 Å². The van der Waals surface area contributed by atoms with Gasteiger partial charge in [-0.1, -0.05) is 42.5 Å². The highest BCUT2D eigenvalue weighted by molar-refractivity contribution is 6.12. The first kappa shape index (κ1) is 17.4. The zero-order chi connectivity index (χ0) is 19.5. The minimum Gasteiger partial charge on any atom is -0.402 e. The molecule has 4 rings (SSSR count). The maximum absolute atomic E-state index is 12.1. The fourth-order valence-corrected chi connectivity index (χ4v) is 2.82. The Morgan fingerprint density at radius 1 is 0.821 bits per heavy atom. The Kier molecular flexibility index (Phi) is 4.51. The van der Waals surface area contributed by atoms with Crippen molar-refractivity contribution in [1.29, 1.82) is 0 Å². The number of aliphatic imine (C=N–C) groups is 1. The Bertz CT molecular complexity index is 1100. The number of non-ortho nitro benzene ring substituents is 1. The van der Waals surface area contributed by atoms with Crippen LogP contribution in [0.15, 0.2) is 89.6 Å². The van der Waals surface area contributed by atoms with E-state index in [1.807, 2.05) is 54.6 Å². The van der Waals surface area contributed by atoms with Gasteiger partial charge in [0, 0.05) is 17.7 Å². The van der Waals surface area contributed by atoms with Gasteiger partial charge in [-0.15, -0.1) is 0 Å². The van der Waals surface area contributed by atoms with Crippen molar-refractivity contribution in [3.05, 3.63) is 106 Å². The number of nitro benzene ring substituents is 1. The lowest BCUT2D eigenvalue weighted by Crippen LogP contribution is -2.05. The Hall–Kier alpha value is -4.06. The molecular weight excluding hydrogens is 356 g/mol. The molecule has 0 N–H and O–H groups in total. The number of nitro groups is 1. The van der Waals surface area contributed by atoms with Gasteiger partial charge in [0.2, 0.25) is 5.90 Å². The number of rotatable bonds is 4. The van der Waals surface area contributed by atoms with Gasteiger partial charge in [0.25, 0.3) is 5.69 Å². The van der Waals surface area contributed by atoms with E-state index in [9.17, 15) is 14.9 Å². The van der Waals surface area contributed by atoms with Crippen LogP contribution in [0.2, 0.25) is 0 Å². The summed E-state index contributed by atoms with van der Waals surface area (Å²) >= 11 is 0. The third-order valence-corrected chi connectivity index (χ3v) is 4.27. The minimum atomic E-state index is -0.555. The van der Waals surface area contributed by atoms with Crippen molar-refractivity contribution in [2.45, 2.75) is 0 Å². The van der Waals surface area contributed by atoms with E-state index in [-0.39, 0.29) is 17.3 Å². The molecule has 0 atom stereocenters. The van der Waals surface area contributed by atoms with Gasteiger partial charge >= 0.3 is 5.97 Å². The highest BCUT2D eigenvalue weighted by atomic mass is 16.6. The second-order valence-electron chi connectivity index (χ2n) is 6.13. The SMILES string of the molecule is O=C1OC(c2ccc(-c3ccccc3)cc2)=N/C1=C\c1ccc([N+](=O)[O-])cc1. The molecule has 0 aliphatic carbocycles. The van der Waals surface area contributed by atoms with Crippen LogP contribution in [-0.2, 0) is 9.53 Å². The predicted molar refractivity (Wildman–Crippen MR) is 106 cm³/mol. The van der Waals surface area contributed by atoms with Gasteiger partial charge in [-0.25, -0.2) is 9.79 Å². The van der Waals surface area contributed by atoms with Gasteiger partial charge in [-0.05, 0) is 47.0 Å². The van der Waals surface area contributed by atoms with Crippen LogP contribution in [0.3, 0.4) is 0 Å². The van der Waals surface area contributed by atoms with Gasteiger partial charge in [-0.3, -0.25) is 10.1 Å². The molecule has 0 saturated heterocycles. The van der Waals surface area contributed by atoms with E-state index in [0.717, 1.165) is 11.1 Å². The quantitative estimate of drug-likeness (QED) is 0.291. The lowest BCUT2D eigenvalue weighted by atomic mass is 10.0. The molecule has 0 aromatic heterocycles. The summed E-state index contributed by atoms with van der Waals surface area (Å²) in [5.74, 6) is -0.321. The smallest absolute Gasteiger partial charge is 0.363 e. The molecule has 3 aromatic rings. The first-order chi connectivity index (χ1) is 13.6. The highest BCUT2D eigenvalue weighted by Gasteiger charge is 2.24. The van der Waals surface area contributed by atoms with Crippen LogP contribution in [0, 0.1) is 10.1 Å². The van der Waals surface area contributed by atoms with Gasteiger partial charge in [0.05, 0.1) is 4.92 Å². The summed E-state index contributed by atoms with van der Waals surface area (Å²) in [7, 11) is 0.